The van der Waals surface area contributed by atoms with Crippen LogP contribution in [0.3, 0.4) is 0 Å². The van der Waals surface area contributed by atoms with Gasteiger partial charge in [-0.1, -0.05) is 26.0 Å². The van der Waals surface area contributed by atoms with Crippen LogP contribution in [0.25, 0.3) is 28.2 Å². The highest BCUT2D eigenvalue weighted by Crippen LogP contribution is 2.28. The Morgan fingerprint density at radius 3 is 2.69 bits per heavy atom. The number of nitrogens with one attached hydrogen (secondary N) is 1. The molecule has 148 valence electrons. The smallest absolute Gasteiger partial charge is 0.240 e. The number of hydrogen-bond donors (Lipinski definition) is 1. The van der Waals surface area contributed by atoms with E-state index < -0.39 is 0 Å². The molecule has 0 amide bonds. The van der Waals surface area contributed by atoms with Crippen LogP contribution in [0.15, 0.2) is 42.9 Å². The number of benzene rings is 1. The minimum Gasteiger partial charge on any atom is -0.378 e. The van der Waals surface area contributed by atoms with Gasteiger partial charge in [0.15, 0.2) is 5.82 Å². The van der Waals surface area contributed by atoms with Gasteiger partial charge in [-0.15, -0.1) is 0 Å². The Balaban J connectivity index is 1.70. The molecule has 8 heteroatoms. The molecule has 0 saturated carbocycles. The Bertz CT molecular complexity index is 1140. The van der Waals surface area contributed by atoms with Crippen molar-refractivity contribution in [3.8, 4) is 17.3 Å². The topological polar surface area (TPSA) is 84.8 Å². The van der Waals surface area contributed by atoms with Gasteiger partial charge in [0, 0.05) is 54.1 Å². The first-order chi connectivity index (χ1) is 14.2. The second-order valence-electron chi connectivity index (χ2n) is 7.41. The molecule has 1 aliphatic rings. The number of rotatable bonds is 4. The normalized spacial score (nSPS) is 14.8. The Hall–Kier alpha value is -3.26. The van der Waals surface area contributed by atoms with Crippen LogP contribution in [0.4, 0.5) is 5.95 Å². The van der Waals surface area contributed by atoms with Crippen molar-refractivity contribution in [3.63, 3.8) is 0 Å². The predicted molar refractivity (Wildman–Crippen MR) is 111 cm³/mol. The van der Waals surface area contributed by atoms with Crippen molar-refractivity contribution in [2.75, 3.05) is 31.2 Å². The van der Waals surface area contributed by atoms with Crippen LogP contribution in [0.2, 0.25) is 0 Å². The second-order valence-corrected chi connectivity index (χ2v) is 7.41. The van der Waals surface area contributed by atoms with Crippen LogP contribution in [0.5, 0.6) is 0 Å². The van der Waals surface area contributed by atoms with Crippen molar-refractivity contribution in [2.45, 2.75) is 19.8 Å². The van der Waals surface area contributed by atoms with Crippen molar-refractivity contribution >= 4 is 16.9 Å². The molecule has 1 N–H and O–H groups in total. The number of aromatic nitrogens is 6. The van der Waals surface area contributed by atoms with Gasteiger partial charge in [0.2, 0.25) is 11.9 Å². The summed E-state index contributed by atoms with van der Waals surface area (Å²) in [7, 11) is 0. The molecule has 4 heterocycles. The first-order valence-corrected chi connectivity index (χ1v) is 9.89. The molecule has 1 saturated heterocycles. The number of ether oxygens (including phenoxy) is 1. The highest BCUT2D eigenvalue weighted by Gasteiger charge is 2.20. The van der Waals surface area contributed by atoms with Gasteiger partial charge in [-0.2, -0.15) is 15.0 Å². The largest absolute Gasteiger partial charge is 0.378 e. The SMILES string of the molecule is CC(C)c1nccn1-c1nc(-c2cccc3[nH]ccc23)nc(N2CCOCC2)n1. The fraction of sp³-hybridized carbons (Fsp3) is 0.333. The first-order valence-electron chi connectivity index (χ1n) is 9.89. The summed E-state index contributed by atoms with van der Waals surface area (Å²) in [5.41, 5.74) is 2.04. The molecule has 3 aromatic heterocycles. The number of imidazole rings is 1. The van der Waals surface area contributed by atoms with E-state index in [2.05, 4.69) is 46.9 Å². The maximum atomic E-state index is 5.50. The van der Waals surface area contributed by atoms with Crippen LogP contribution in [0.1, 0.15) is 25.6 Å². The third-order valence-electron chi connectivity index (χ3n) is 5.14. The van der Waals surface area contributed by atoms with E-state index in [4.69, 9.17) is 19.7 Å². The van der Waals surface area contributed by atoms with Gasteiger partial charge >= 0.3 is 0 Å². The number of hydrogen-bond acceptors (Lipinski definition) is 6. The molecule has 0 atom stereocenters. The minimum absolute atomic E-state index is 0.255. The van der Waals surface area contributed by atoms with Crippen molar-refractivity contribution in [1.82, 2.24) is 29.5 Å². The number of fused-ring (bicyclic) bond motifs is 1. The molecule has 1 aliphatic heterocycles. The summed E-state index contributed by atoms with van der Waals surface area (Å²) in [5, 5.41) is 1.09. The fourth-order valence-electron chi connectivity index (χ4n) is 3.68. The van der Waals surface area contributed by atoms with E-state index in [0.717, 1.165) is 35.4 Å². The van der Waals surface area contributed by atoms with Crippen LogP contribution in [-0.4, -0.2) is 55.8 Å². The Labute approximate surface area is 168 Å². The average molecular weight is 389 g/mol. The van der Waals surface area contributed by atoms with E-state index in [-0.39, 0.29) is 5.92 Å². The number of nitrogens with zero attached hydrogens (tertiary/aromatic N) is 6. The second kappa shape index (κ2) is 7.29. The molecular weight excluding hydrogens is 366 g/mol. The number of morpholine rings is 1. The lowest BCUT2D eigenvalue weighted by atomic mass is 10.1. The lowest BCUT2D eigenvalue weighted by Crippen LogP contribution is -2.37. The molecule has 0 bridgehead atoms. The lowest BCUT2D eigenvalue weighted by Gasteiger charge is -2.27. The van der Waals surface area contributed by atoms with Gasteiger partial charge in [0.05, 0.1) is 13.2 Å². The molecule has 4 aromatic rings. The van der Waals surface area contributed by atoms with Gasteiger partial charge in [-0.25, -0.2) is 4.98 Å². The predicted octanol–water partition coefficient (Wildman–Crippen LogP) is 3.17. The molecule has 5 rings (SSSR count). The fourth-order valence-corrected chi connectivity index (χ4v) is 3.68. The molecular formula is C21H23N7O. The summed E-state index contributed by atoms with van der Waals surface area (Å²) in [6.45, 7) is 7.10. The van der Waals surface area contributed by atoms with Crippen molar-refractivity contribution in [1.29, 1.82) is 0 Å². The summed E-state index contributed by atoms with van der Waals surface area (Å²) < 4.78 is 7.46. The zero-order chi connectivity index (χ0) is 19.8. The van der Waals surface area contributed by atoms with Gasteiger partial charge in [0.25, 0.3) is 0 Å². The van der Waals surface area contributed by atoms with E-state index >= 15 is 0 Å². The van der Waals surface area contributed by atoms with Gasteiger partial charge < -0.3 is 14.6 Å². The zero-order valence-electron chi connectivity index (χ0n) is 16.5. The van der Waals surface area contributed by atoms with E-state index in [1.807, 2.05) is 23.0 Å². The number of aromatic amines is 1. The van der Waals surface area contributed by atoms with Gasteiger partial charge in [-0.3, -0.25) is 4.57 Å². The molecule has 29 heavy (non-hydrogen) atoms. The van der Waals surface area contributed by atoms with Crippen LogP contribution >= 0.6 is 0 Å². The standard InChI is InChI=1S/C21H23N7O/c1-14(2)19-23-8-9-28(19)21-25-18(16-4-3-5-17-15(16)6-7-22-17)24-20(26-21)27-10-12-29-13-11-27/h3-9,14,22H,10-13H2,1-2H3. The van der Waals surface area contributed by atoms with E-state index in [0.29, 0.717) is 30.9 Å². The quantitative estimate of drug-likeness (QED) is 0.577. The minimum atomic E-state index is 0.255. The highest BCUT2D eigenvalue weighted by molar-refractivity contribution is 5.93. The van der Waals surface area contributed by atoms with E-state index in [1.54, 1.807) is 6.20 Å². The first kappa shape index (κ1) is 17.8. The van der Waals surface area contributed by atoms with Crippen LogP contribution in [-0.2, 0) is 4.74 Å². The van der Waals surface area contributed by atoms with Crippen molar-refractivity contribution in [3.05, 3.63) is 48.7 Å². The maximum absolute atomic E-state index is 5.50. The zero-order valence-corrected chi connectivity index (χ0v) is 16.5. The highest BCUT2D eigenvalue weighted by atomic mass is 16.5. The van der Waals surface area contributed by atoms with Crippen LogP contribution in [0, 0.1) is 0 Å². The molecule has 0 radical (unpaired) electrons. The molecule has 0 aliphatic carbocycles. The summed E-state index contributed by atoms with van der Waals surface area (Å²) in [6, 6.07) is 8.17. The summed E-state index contributed by atoms with van der Waals surface area (Å²) in [5.74, 6) is 3.10. The third-order valence-corrected chi connectivity index (χ3v) is 5.14. The molecule has 1 fully saturated rings. The maximum Gasteiger partial charge on any atom is 0.240 e. The summed E-state index contributed by atoms with van der Waals surface area (Å²) in [4.78, 5) is 24.4. The van der Waals surface area contributed by atoms with Crippen molar-refractivity contribution in [2.24, 2.45) is 0 Å². The van der Waals surface area contributed by atoms with Gasteiger partial charge in [-0.05, 0) is 12.1 Å². The lowest BCUT2D eigenvalue weighted by molar-refractivity contribution is 0.122. The number of anilines is 1. The number of H-pyrrole nitrogens is 1. The third kappa shape index (κ3) is 3.25. The summed E-state index contributed by atoms with van der Waals surface area (Å²) >= 11 is 0. The monoisotopic (exact) mass is 389 g/mol. The average Bonchev–Trinajstić information content (AvgIpc) is 3.43. The molecule has 0 spiro atoms. The van der Waals surface area contributed by atoms with Gasteiger partial charge in [0.1, 0.15) is 5.82 Å². The Morgan fingerprint density at radius 1 is 1.03 bits per heavy atom. The Kier molecular flexibility index (Phi) is 4.48. The van der Waals surface area contributed by atoms with E-state index in [9.17, 15) is 0 Å². The molecule has 1 aromatic carbocycles. The summed E-state index contributed by atoms with van der Waals surface area (Å²) in [6.07, 6.45) is 5.64. The Morgan fingerprint density at radius 2 is 1.86 bits per heavy atom. The molecule has 0 unspecified atom stereocenters. The van der Waals surface area contributed by atoms with Crippen molar-refractivity contribution < 1.29 is 4.74 Å². The van der Waals surface area contributed by atoms with Crippen LogP contribution < -0.4 is 4.90 Å². The molecule has 8 nitrogen and oxygen atoms in total. The van der Waals surface area contributed by atoms with E-state index in [1.165, 1.54) is 0 Å².